The Hall–Kier alpha value is 0.280. The smallest absolute Gasteiger partial charge is 0.0594 e. The van der Waals surface area contributed by atoms with Gasteiger partial charge in [-0.1, -0.05) is 0 Å². The molecule has 0 N–H and O–H groups in total. The lowest BCUT2D eigenvalue weighted by atomic mass is 10.4. The van der Waals surface area contributed by atoms with Crippen molar-refractivity contribution < 1.29 is 13.2 Å². The normalized spacial score (nSPS) is 26.2. The van der Waals surface area contributed by atoms with Crippen molar-refractivity contribution in [3.8, 4) is 0 Å². The molecule has 0 aromatic rings. The molecule has 222 valence electrons. The van der Waals surface area contributed by atoms with Crippen LogP contribution in [0.2, 0.25) is 0 Å². The summed E-state index contributed by atoms with van der Waals surface area (Å²) in [5.41, 5.74) is 0. The molecule has 5 saturated heterocycles. The van der Waals surface area contributed by atoms with Crippen LogP contribution < -0.4 is 0 Å². The van der Waals surface area contributed by atoms with E-state index < -0.39 is 20.3 Å². The molecule has 11 heteroatoms. The molecule has 5 aliphatic rings. The Labute approximate surface area is 236 Å². The maximum atomic E-state index is 11.2. The molecule has 0 aromatic carbocycles. The fourth-order valence-corrected chi connectivity index (χ4v) is 7.59. The molecule has 0 bridgehead atoms. The first-order valence-corrected chi connectivity index (χ1v) is 18.5. The number of nitrogens with zero attached hydrogens (tertiary/aromatic N) is 5. The maximum absolute atomic E-state index is 11.2. The summed E-state index contributed by atoms with van der Waals surface area (Å²) in [6.45, 7) is 13.1. The highest BCUT2D eigenvalue weighted by Gasteiger charge is 2.13. The molecule has 0 atom stereocenters. The number of likely N-dealkylation sites (tertiary alicyclic amines) is 1. The molecule has 0 aromatic heterocycles. The van der Waals surface area contributed by atoms with Crippen LogP contribution in [0.3, 0.4) is 0 Å². The fourth-order valence-electron chi connectivity index (χ4n) is 3.77. The van der Waals surface area contributed by atoms with E-state index in [0.717, 1.165) is 75.5 Å². The first-order valence-electron chi connectivity index (χ1n) is 13.8. The van der Waals surface area contributed by atoms with Gasteiger partial charge in [0, 0.05) is 97.7 Å². The van der Waals surface area contributed by atoms with E-state index in [4.69, 9.17) is 4.74 Å². The number of ether oxygens (including phenoxy) is 1. The molecule has 0 aliphatic carbocycles. The number of likely N-dealkylation sites (N-methyl/N-ethyl adjacent to an activating group) is 1. The Morgan fingerprint density at radius 3 is 1.35 bits per heavy atom. The Morgan fingerprint density at radius 1 is 0.649 bits per heavy atom. The highest BCUT2D eigenvalue weighted by molar-refractivity contribution is 8.00. The highest BCUT2D eigenvalue weighted by atomic mass is 32.2. The van der Waals surface area contributed by atoms with Gasteiger partial charge in [-0.15, -0.1) is 0 Å². The zero-order chi connectivity index (χ0) is 27.5. The number of morpholine rings is 1. The lowest BCUT2D eigenvalue weighted by Crippen LogP contribution is -2.37. The van der Waals surface area contributed by atoms with Crippen molar-refractivity contribution in [1.29, 1.82) is 0 Å². The third kappa shape index (κ3) is 20.8. The predicted octanol–water partition coefficient (Wildman–Crippen LogP) is 0.654. The monoisotopic (exact) mass is 583 g/mol. The van der Waals surface area contributed by atoms with Gasteiger partial charge in [-0.2, -0.15) is 11.8 Å². The molecular weight excluding hydrogens is 527 g/mol. The van der Waals surface area contributed by atoms with Gasteiger partial charge < -0.3 is 29.2 Å². The van der Waals surface area contributed by atoms with Gasteiger partial charge in [-0.05, 0) is 76.6 Å². The number of hydrogen-bond acceptors (Lipinski definition) is 9. The minimum atomic E-state index is -1.66. The summed E-state index contributed by atoms with van der Waals surface area (Å²) in [5, 5.41) is 0. The number of rotatable bonds is 0. The van der Waals surface area contributed by atoms with E-state index in [1.54, 1.807) is 0 Å². The van der Waals surface area contributed by atoms with E-state index in [2.05, 4.69) is 77.4 Å². The summed E-state index contributed by atoms with van der Waals surface area (Å²) in [7, 11) is 8.42. The molecule has 5 rings (SSSR count). The van der Waals surface area contributed by atoms with Crippen LogP contribution in [-0.2, 0) is 25.1 Å². The molecule has 0 amide bonds. The molecular formula is C26H57N5O3S3. The molecule has 0 radical (unpaired) electrons. The van der Waals surface area contributed by atoms with E-state index in [1.165, 1.54) is 50.5 Å². The van der Waals surface area contributed by atoms with E-state index in [9.17, 15) is 8.42 Å². The molecule has 5 heterocycles. The van der Waals surface area contributed by atoms with Gasteiger partial charge in [0.15, 0.2) is 0 Å². The summed E-state index contributed by atoms with van der Waals surface area (Å²) >= 11 is 2.06. The molecule has 37 heavy (non-hydrogen) atoms. The molecule has 5 fully saturated rings. The van der Waals surface area contributed by atoms with Gasteiger partial charge in [0.1, 0.15) is 0 Å². The SMILES string of the molecule is C=S1(=O)CCN(C)CC1.CN1CCCC1.CN1CCOCC1.CN1CCS(=O)CC1.CN1CCSCC1. The van der Waals surface area contributed by atoms with Crippen molar-refractivity contribution in [3.05, 3.63) is 0 Å². The standard InChI is InChI=1S/C6H13NOS.C5H11NOS.C5H11NO.C5H11NS.C5H11N/c1-7-3-5-9(2,8)6-4-7;1-6-2-4-8(7)5-3-6;2*1-6-2-4-7-5-3-6;1-6-4-2-3-5-6/h2-6H2,1H3;2-5H2,1H3;2*2-5H2,1H3;2-5H2,1H3. The van der Waals surface area contributed by atoms with Crippen LogP contribution in [0.5, 0.6) is 0 Å². The van der Waals surface area contributed by atoms with Crippen molar-refractivity contribution in [2.45, 2.75) is 12.8 Å². The summed E-state index contributed by atoms with van der Waals surface area (Å²) in [4.78, 5) is 11.4. The Balaban J connectivity index is 0.000000233. The van der Waals surface area contributed by atoms with E-state index in [0.29, 0.717) is 0 Å². The lowest BCUT2D eigenvalue weighted by molar-refractivity contribution is 0.0503. The van der Waals surface area contributed by atoms with Crippen molar-refractivity contribution in [2.24, 2.45) is 0 Å². The van der Waals surface area contributed by atoms with Crippen LogP contribution in [0.4, 0.5) is 0 Å². The molecule has 5 aliphatic heterocycles. The van der Waals surface area contributed by atoms with Crippen LogP contribution >= 0.6 is 11.8 Å². The van der Waals surface area contributed by atoms with Crippen molar-refractivity contribution in [2.75, 3.05) is 148 Å². The van der Waals surface area contributed by atoms with Crippen LogP contribution in [0.15, 0.2) is 0 Å². The van der Waals surface area contributed by atoms with Crippen molar-refractivity contribution in [1.82, 2.24) is 24.5 Å². The van der Waals surface area contributed by atoms with Gasteiger partial charge in [0.05, 0.1) is 13.2 Å². The summed E-state index contributed by atoms with van der Waals surface area (Å²) in [6.07, 6.45) is 2.83. The summed E-state index contributed by atoms with van der Waals surface area (Å²) in [6, 6.07) is 0. The van der Waals surface area contributed by atoms with Crippen LogP contribution in [0.25, 0.3) is 0 Å². The summed E-state index contributed by atoms with van der Waals surface area (Å²) in [5.74, 6) is 9.63. The first-order chi connectivity index (χ1) is 17.6. The largest absolute Gasteiger partial charge is 0.379 e. The Morgan fingerprint density at radius 2 is 1.05 bits per heavy atom. The van der Waals surface area contributed by atoms with Gasteiger partial charge in [-0.25, -0.2) is 0 Å². The van der Waals surface area contributed by atoms with Gasteiger partial charge in [0.2, 0.25) is 0 Å². The molecule has 0 saturated carbocycles. The van der Waals surface area contributed by atoms with Crippen LogP contribution in [-0.4, -0.2) is 187 Å². The second-order valence-electron chi connectivity index (χ2n) is 10.7. The average molecular weight is 584 g/mol. The van der Waals surface area contributed by atoms with E-state index in [1.807, 2.05) is 0 Å². The molecule has 0 spiro atoms. The molecule has 8 nitrogen and oxygen atoms in total. The van der Waals surface area contributed by atoms with E-state index >= 15 is 0 Å². The Bertz CT molecular complexity index is 641. The zero-order valence-corrected chi connectivity index (χ0v) is 27.0. The second kappa shape index (κ2) is 21.1. The zero-order valence-electron chi connectivity index (χ0n) is 24.5. The minimum Gasteiger partial charge on any atom is -0.379 e. The van der Waals surface area contributed by atoms with Crippen LogP contribution in [0.1, 0.15) is 12.8 Å². The highest BCUT2D eigenvalue weighted by Crippen LogP contribution is 2.06. The van der Waals surface area contributed by atoms with Crippen molar-refractivity contribution in [3.63, 3.8) is 0 Å². The van der Waals surface area contributed by atoms with Crippen molar-refractivity contribution >= 4 is 38.0 Å². The topological polar surface area (TPSA) is 59.6 Å². The summed E-state index contributed by atoms with van der Waals surface area (Å²) < 4.78 is 27.0. The second-order valence-corrected chi connectivity index (χ2v) is 16.3. The van der Waals surface area contributed by atoms with E-state index in [-0.39, 0.29) is 0 Å². The minimum absolute atomic E-state index is 0.503. The third-order valence-corrected chi connectivity index (χ3v) is 11.0. The quantitative estimate of drug-likeness (QED) is 0.383. The number of hydrogen-bond donors (Lipinski definition) is 0. The third-order valence-electron chi connectivity index (χ3n) is 6.89. The van der Waals surface area contributed by atoms with Crippen LogP contribution in [0, 0.1) is 0 Å². The number of thioether (sulfide) groups is 1. The predicted molar refractivity (Wildman–Crippen MR) is 168 cm³/mol. The van der Waals surface area contributed by atoms with Gasteiger partial charge >= 0.3 is 0 Å². The first kappa shape index (κ1) is 35.3. The maximum Gasteiger partial charge on any atom is 0.0594 e. The fraction of sp³-hybridized carbons (Fsp3) is 0.962. The molecule has 0 unspecified atom stereocenters. The Kier molecular flexibility index (Phi) is 20.1. The lowest BCUT2D eigenvalue weighted by Gasteiger charge is -2.24. The average Bonchev–Trinajstić information content (AvgIpc) is 3.36. The van der Waals surface area contributed by atoms with Gasteiger partial charge in [0.25, 0.3) is 0 Å². The van der Waals surface area contributed by atoms with Gasteiger partial charge in [-0.3, -0.25) is 8.42 Å².